The molecule has 0 saturated heterocycles. The van der Waals surface area contributed by atoms with Crippen LogP contribution in [-0.2, 0) is 0 Å². The lowest BCUT2D eigenvalue weighted by Crippen LogP contribution is -2.23. The summed E-state index contributed by atoms with van der Waals surface area (Å²) in [4.78, 5) is 16.1. The molecule has 100 valence electrons. The molecule has 4 nitrogen and oxygen atoms in total. The SMILES string of the molecule is O=C(c1cccnc1)N1CCC(c2ccc(F)cc2)=N1. The second-order valence-corrected chi connectivity index (χ2v) is 4.47. The topological polar surface area (TPSA) is 45.6 Å². The highest BCUT2D eigenvalue weighted by atomic mass is 19.1. The van der Waals surface area contributed by atoms with Crippen molar-refractivity contribution in [2.75, 3.05) is 6.54 Å². The Morgan fingerprint density at radius 3 is 2.70 bits per heavy atom. The average Bonchev–Trinajstić information content (AvgIpc) is 2.98. The maximum atomic E-state index is 12.9. The molecule has 0 unspecified atom stereocenters. The first-order valence-corrected chi connectivity index (χ1v) is 6.29. The molecule has 3 rings (SSSR count). The molecule has 1 aliphatic rings. The molecule has 2 heterocycles. The van der Waals surface area contributed by atoms with Crippen LogP contribution in [-0.4, -0.2) is 28.2 Å². The third-order valence-electron chi connectivity index (χ3n) is 3.12. The van der Waals surface area contributed by atoms with Crippen molar-refractivity contribution < 1.29 is 9.18 Å². The number of hydrogen-bond acceptors (Lipinski definition) is 3. The van der Waals surface area contributed by atoms with Gasteiger partial charge in [0.05, 0.1) is 17.8 Å². The minimum absolute atomic E-state index is 0.171. The number of nitrogens with zero attached hydrogens (tertiary/aromatic N) is 3. The normalized spacial score (nSPS) is 14.2. The fraction of sp³-hybridized carbons (Fsp3) is 0.133. The van der Waals surface area contributed by atoms with E-state index >= 15 is 0 Å². The maximum absolute atomic E-state index is 12.9. The smallest absolute Gasteiger partial charge is 0.267 e. The number of hydrogen-bond donors (Lipinski definition) is 0. The van der Waals surface area contributed by atoms with Crippen LogP contribution in [0.25, 0.3) is 0 Å². The van der Waals surface area contributed by atoms with Crippen LogP contribution in [0.1, 0.15) is 22.3 Å². The molecule has 0 radical (unpaired) electrons. The zero-order valence-electron chi connectivity index (χ0n) is 10.7. The van der Waals surface area contributed by atoms with Crippen molar-refractivity contribution >= 4 is 11.6 Å². The number of hydrazone groups is 1. The summed E-state index contributed by atoms with van der Waals surface area (Å²) < 4.78 is 12.9. The van der Waals surface area contributed by atoms with E-state index in [-0.39, 0.29) is 11.7 Å². The highest BCUT2D eigenvalue weighted by molar-refractivity contribution is 6.04. The van der Waals surface area contributed by atoms with Gasteiger partial charge in [0.2, 0.25) is 0 Å². The van der Waals surface area contributed by atoms with Gasteiger partial charge in [0, 0.05) is 18.8 Å². The zero-order chi connectivity index (χ0) is 13.9. The van der Waals surface area contributed by atoms with Crippen LogP contribution in [0.15, 0.2) is 53.9 Å². The van der Waals surface area contributed by atoms with Crippen molar-refractivity contribution in [1.29, 1.82) is 0 Å². The van der Waals surface area contributed by atoms with E-state index in [1.165, 1.54) is 23.3 Å². The molecule has 1 aliphatic heterocycles. The fourth-order valence-corrected chi connectivity index (χ4v) is 2.09. The largest absolute Gasteiger partial charge is 0.275 e. The summed E-state index contributed by atoms with van der Waals surface area (Å²) in [7, 11) is 0. The van der Waals surface area contributed by atoms with Crippen LogP contribution >= 0.6 is 0 Å². The van der Waals surface area contributed by atoms with Crippen LogP contribution in [0, 0.1) is 5.82 Å². The Balaban J connectivity index is 1.81. The van der Waals surface area contributed by atoms with Crippen molar-refractivity contribution in [2.24, 2.45) is 5.10 Å². The van der Waals surface area contributed by atoms with E-state index in [1.54, 1.807) is 30.5 Å². The molecule has 0 spiro atoms. The van der Waals surface area contributed by atoms with Gasteiger partial charge in [0.15, 0.2) is 0 Å². The third-order valence-corrected chi connectivity index (χ3v) is 3.12. The quantitative estimate of drug-likeness (QED) is 0.840. The zero-order valence-corrected chi connectivity index (χ0v) is 10.7. The van der Waals surface area contributed by atoms with Gasteiger partial charge in [-0.15, -0.1) is 0 Å². The molecule has 20 heavy (non-hydrogen) atoms. The first-order valence-electron chi connectivity index (χ1n) is 6.29. The van der Waals surface area contributed by atoms with Crippen molar-refractivity contribution in [1.82, 2.24) is 9.99 Å². The van der Waals surface area contributed by atoms with E-state index in [0.717, 1.165) is 11.3 Å². The Labute approximate surface area is 115 Å². The first kappa shape index (κ1) is 12.5. The van der Waals surface area contributed by atoms with Gasteiger partial charge in [0.25, 0.3) is 5.91 Å². The maximum Gasteiger partial charge on any atom is 0.275 e. The number of amides is 1. The minimum atomic E-state index is -0.282. The summed E-state index contributed by atoms with van der Waals surface area (Å²) in [5, 5.41) is 5.74. The Bertz CT molecular complexity index is 653. The number of rotatable bonds is 2. The molecule has 1 amide bonds. The van der Waals surface area contributed by atoms with E-state index in [1.807, 2.05) is 0 Å². The molecule has 5 heteroatoms. The molecule has 2 aromatic rings. The number of pyridine rings is 1. The van der Waals surface area contributed by atoms with Crippen LogP contribution in [0.5, 0.6) is 0 Å². The second-order valence-electron chi connectivity index (χ2n) is 4.47. The average molecular weight is 269 g/mol. The number of benzene rings is 1. The molecule has 1 aromatic carbocycles. The molecule has 0 saturated carbocycles. The van der Waals surface area contributed by atoms with Crippen molar-refractivity contribution in [3.05, 3.63) is 65.7 Å². The lowest BCUT2D eigenvalue weighted by atomic mass is 10.1. The summed E-state index contributed by atoms with van der Waals surface area (Å²) in [5.74, 6) is -0.453. The Morgan fingerprint density at radius 2 is 2.00 bits per heavy atom. The highest BCUT2D eigenvalue weighted by Gasteiger charge is 2.22. The van der Waals surface area contributed by atoms with Crippen molar-refractivity contribution in [2.45, 2.75) is 6.42 Å². The van der Waals surface area contributed by atoms with Crippen molar-refractivity contribution in [3.63, 3.8) is 0 Å². The Morgan fingerprint density at radius 1 is 1.20 bits per heavy atom. The molecule has 0 N–H and O–H groups in total. The Hall–Kier alpha value is -2.56. The van der Waals surface area contributed by atoms with E-state index in [4.69, 9.17) is 0 Å². The Kier molecular flexibility index (Phi) is 3.25. The molecule has 0 atom stereocenters. The first-order chi connectivity index (χ1) is 9.74. The summed E-state index contributed by atoms with van der Waals surface area (Å²) in [6, 6.07) is 9.56. The summed E-state index contributed by atoms with van der Waals surface area (Å²) >= 11 is 0. The summed E-state index contributed by atoms with van der Waals surface area (Å²) in [5.41, 5.74) is 2.15. The van der Waals surface area contributed by atoms with E-state index < -0.39 is 0 Å². The number of carbonyl (C=O) groups is 1. The van der Waals surface area contributed by atoms with Gasteiger partial charge < -0.3 is 0 Å². The number of carbonyl (C=O) groups excluding carboxylic acids is 1. The van der Waals surface area contributed by atoms with Gasteiger partial charge in [-0.3, -0.25) is 9.78 Å². The van der Waals surface area contributed by atoms with Gasteiger partial charge in [-0.05, 0) is 29.8 Å². The molecule has 0 fully saturated rings. The molecule has 0 bridgehead atoms. The fourth-order valence-electron chi connectivity index (χ4n) is 2.09. The third kappa shape index (κ3) is 2.42. The van der Waals surface area contributed by atoms with Crippen LogP contribution < -0.4 is 0 Å². The van der Waals surface area contributed by atoms with Gasteiger partial charge in [0.1, 0.15) is 5.82 Å². The van der Waals surface area contributed by atoms with Gasteiger partial charge in [-0.25, -0.2) is 9.40 Å². The van der Waals surface area contributed by atoms with E-state index in [9.17, 15) is 9.18 Å². The molecule has 1 aromatic heterocycles. The standard InChI is InChI=1S/C15H12FN3O/c16-13-5-3-11(4-6-13)14-7-9-19(18-14)15(20)12-2-1-8-17-10-12/h1-6,8,10H,7,9H2. The number of aromatic nitrogens is 1. The van der Waals surface area contributed by atoms with Gasteiger partial charge in [-0.1, -0.05) is 12.1 Å². The lowest BCUT2D eigenvalue weighted by molar-refractivity contribution is 0.0778. The van der Waals surface area contributed by atoms with E-state index in [2.05, 4.69) is 10.1 Å². The molecule has 0 aliphatic carbocycles. The predicted octanol–water partition coefficient (Wildman–Crippen LogP) is 2.47. The molecular formula is C15H12FN3O. The highest BCUT2D eigenvalue weighted by Crippen LogP contribution is 2.16. The molecular weight excluding hydrogens is 257 g/mol. The monoisotopic (exact) mass is 269 g/mol. The van der Waals surface area contributed by atoms with Crippen LogP contribution in [0.3, 0.4) is 0 Å². The van der Waals surface area contributed by atoms with Crippen LogP contribution in [0.4, 0.5) is 4.39 Å². The minimum Gasteiger partial charge on any atom is -0.267 e. The van der Waals surface area contributed by atoms with E-state index in [0.29, 0.717) is 18.5 Å². The predicted molar refractivity (Wildman–Crippen MR) is 72.8 cm³/mol. The summed E-state index contributed by atoms with van der Waals surface area (Å²) in [6.07, 6.45) is 3.80. The number of halogens is 1. The van der Waals surface area contributed by atoms with Gasteiger partial charge in [-0.2, -0.15) is 5.10 Å². The second kappa shape index (κ2) is 5.21. The summed E-state index contributed by atoms with van der Waals surface area (Å²) in [6.45, 7) is 0.528. The van der Waals surface area contributed by atoms with Crippen LogP contribution in [0.2, 0.25) is 0 Å². The lowest BCUT2D eigenvalue weighted by Gasteiger charge is -2.10. The van der Waals surface area contributed by atoms with Crippen molar-refractivity contribution in [3.8, 4) is 0 Å². The van der Waals surface area contributed by atoms with Gasteiger partial charge >= 0.3 is 0 Å².